The molecule has 0 fully saturated rings. The Morgan fingerprint density at radius 1 is 1.60 bits per heavy atom. The fourth-order valence-corrected chi connectivity index (χ4v) is 0.723. The zero-order valence-electron chi connectivity index (χ0n) is 6.46. The number of hydrogen-bond acceptors (Lipinski definition) is 3. The molecule has 4 heteroatoms. The number of carbonyl (C=O) groups excluding carboxylic acids is 1. The highest BCUT2D eigenvalue weighted by Crippen LogP contribution is 1.92. The van der Waals surface area contributed by atoms with E-state index in [0.29, 0.717) is 13.1 Å². The summed E-state index contributed by atoms with van der Waals surface area (Å²) in [4.78, 5) is 16.3. The second kappa shape index (κ2) is 5.05. The van der Waals surface area contributed by atoms with E-state index in [1.54, 1.807) is 4.90 Å². The van der Waals surface area contributed by atoms with Crippen molar-refractivity contribution >= 4 is 6.09 Å². The van der Waals surface area contributed by atoms with Crippen LogP contribution in [0.3, 0.4) is 0 Å². The molecule has 0 aliphatic rings. The number of hydrogen-bond donors (Lipinski definition) is 1. The van der Waals surface area contributed by atoms with Crippen molar-refractivity contribution in [3.05, 3.63) is 0 Å². The normalized spacial score (nSPS) is 9.10. The molecule has 1 amide bonds. The van der Waals surface area contributed by atoms with Gasteiger partial charge in [0.25, 0.3) is 0 Å². The van der Waals surface area contributed by atoms with Crippen molar-refractivity contribution in [2.75, 3.05) is 13.1 Å². The topological polar surface area (TPSA) is 55.6 Å². The average molecular weight is 146 g/mol. The second-order valence-corrected chi connectivity index (χ2v) is 1.96. The van der Waals surface area contributed by atoms with Gasteiger partial charge >= 0.3 is 6.09 Å². The van der Waals surface area contributed by atoms with Gasteiger partial charge in [-0.15, -0.1) is 0 Å². The first-order valence-electron chi connectivity index (χ1n) is 3.41. The molecular formula is C6H14N2O2. The van der Waals surface area contributed by atoms with Crippen molar-refractivity contribution in [1.82, 2.24) is 4.90 Å². The molecule has 0 unspecified atom stereocenters. The van der Waals surface area contributed by atoms with Gasteiger partial charge in [-0.1, -0.05) is 6.92 Å². The predicted octanol–water partition coefficient (Wildman–Crippen LogP) is 0.729. The van der Waals surface area contributed by atoms with Gasteiger partial charge < -0.3 is 9.74 Å². The van der Waals surface area contributed by atoms with Crippen molar-refractivity contribution in [3.63, 3.8) is 0 Å². The molecule has 0 bridgehead atoms. The van der Waals surface area contributed by atoms with E-state index in [4.69, 9.17) is 0 Å². The predicted molar refractivity (Wildman–Crippen MR) is 38.2 cm³/mol. The molecule has 0 aliphatic heterocycles. The van der Waals surface area contributed by atoms with Crippen LogP contribution >= 0.6 is 0 Å². The lowest BCUT2D eigenvalue weighted by molar-refractivity contribution is 0.105. The summed E-state index contributed by atoms with van der Waals surface area (Å²) in [6.45, 7) is 5.22. The van der Waals surface area contributed by atoms with E-state index in [9.17, 15) is 4.79 Å². The number of amides is 1. The molecule has 0 radical (unpaired) electrons. The Balaban J connectivity index is 3.68. The largest absolute Gasteiger partial charge is 0.428 e. The van der Waals surface area contributed by atoms with E-state index in [2.05, 4.69) is 10.7 Å². The monoisotopic (exact) mass is 146 g/mol. The van der Waals surface area contributed by atoms with Crippen LogP contribution in [0.2, 0.25) is 0 Å². The van der Waals surface area contributed by atoms with Gasteiger partial charge in [0.1, 0.15) is 0 Å². The number of nitrogens with two attached hydrogens (primary N) is 1. The lowest BCUT2D eigenvalue weighted by atomic mass is 10.4. The van der Waals surface area contributed by atoms with Crippen LogP contribution in [0.1, 0.15) is 20.3 Å². The third-order valence-electron chi connectivity index (χ3n) is 1.23. The summed E-state index contributed by atoms with van der Waals surface area (Å²) in [6.07, 6.45) is 0.465. The van der Waals surface area contributed by atoms with E-state index >= 15 is 0 Å². The molecule has 0 aromatic heterocycles. The van der Waals surface area contributed by atoms with Crippen LogP contribution in [0.5, 0.6) is 0 Å². The Morgan fingerprint density at radius 2 is 2.20 bits per heavy atom. The summed E-state index contributed by atoms with van der Waals surface area (Å²) >= 11 is 0. The van der Waals surface area contributed by atoms with Crippen LogP contribution in [0.15, 0.2) is 0 Å². The maximum Gasteiger partial charge on any atom is 0.428 e. The summed E-state index contributed by atoms with van der Waals surface area (Å²) in [6, 6.07) is 0. The lowest BCUT2D eigenvalue weighted by Gasteiger charge is -2.16. The van der Waals surface area contributed by atoms with E-state index in [-0.39, 0.29) is 0 Å². The van der Waals surface area contributed by atoms with Gasteiger partial charge in [0.15, 0.2) is 0 Å². The smallest absolute Gasteiger partial charge is 0.357 e. The van der Waals surface area contributed by atoms with Crippen LogP contribution in [-0.4, -0.2) is 24.1 Å². The number of rotatable bonds is 3. The highest BCUT2D eigenvalue weighted by atomic mass is 16.7. The van der Waals surface area contributed by atoms with Crippen molar-refractivity contribution in [2.24, 2.45) is 5.90 Å². The first kappa shape index (κ1) is 9.23. The molecule has 0 aliphatic carbocycles. The molecule has 0 rings (SSSR count). The Kier molecular flexibility index (Phi) is 4.66. The molecule has 0 spiro atoms. The minimum atomic E-state index is -0.454. The number of carbonyl (C=O) groups is 1. The van der Waals surface area contributed by atoms with Gasteiger partial charge in [0, 0.05) is 13.1 Å². The standard InChI is InChI=1S/C6H14N2O2/c1-3-5-8(4-2)6(9)10-7/h3-5,7H2,1-2H3. The SMILES string of the molecule is CCCN(CC)C(=O)ON. The highest BCUT2D eigenvalue weighted by Gasteiger charge is 2.09. The van der Waals surface area contributed by atoms with Gasteiger partial charge in [-0.25, -0.2) is 4.79 Å². The molecule has 0 atom stereocenters. The minimum Gasteiger partial charge on any atom is -0.357 e. The van der Waals surface area contributed by atoms with Crippen molar-refractivity contribution in [1.29, 1.82) is 0 Å². The van der Waals surface area contributed by atoms with E-state index in [1.807, 2.05) is 13.8 Å². The van der Waals surface area contributed by atoms with Gasteiger partial charge in [0.05, 0.1) is 0 Å². The third kappa shape index (κ3) is 2.68. The zero-order valence-corrected chi connectivity index (χ0v) is 6.46. The van der Waals surface area contributed by atoms with Gasteiger partial charge in [-0.2, -0.15) is 5.90 Å². The summed E-state index contributed by atoms with van der Waals surface area (Å²) < 4.78 is 0. The van der Waals surface area contributed by atoms with Crippen LogP contribution in [-0.2, 0) is 4.84 Å². The van der Waals surface area contributed by atoms with Gasteiger partial charge in [0.2, 0.25) is 0 Å². The first-order valence-corrected chi connectivity index (χ1v) is 3.41. The number of nitrogens with zero attached hydrogens (tertiary/aromatic N) is 1. The molecule has 0 aromatic carbocycles. The Hall–Kier alpha value is -0.770. The van der Waals surface area contributed by atoms with E-state index in [0.717, 1.165) is 6.42 Å². The molecule has 0 saturated heterocycles. The van der Waals surface area contributed by atoms with Gasteiger partial charge in [-0.05, 0) is 13.3 Å². The third-order valence-corrected chi connectivity index (χ3v) is 1.23. The quantitative estimate of drug-likeness (QED) is 0.597. The molecule has 0 saturated carbocycles. The van der Waals surface area contributed by atoms with E-state index in [1.165, 1.54) is 0 Å². The Morgan fingerprint density at radius 3 is 2.50 bits per heavy atom. The second-order valence-electron chi connectivity index (χ2n) is 1.96. The maximum absolute atomic E-state index is 10.7. The molecule has 0 heterocycles. The van der Waals surface area contributed by atoms with Crippen molar-refractivity contribution < 1.29 is 9.63 Å². The van der Waals surface area contributed by atoms with Crippen molar-refractivity contribution in [3.8, 4) is 0 Å². The van der Waals surface area contributed by atoms with Crippen LogP contribution in [0.25, 0.3) is 0 Å². The van der Waals surface area contributed by atoms with Gasteiger partial charge in [-0.3, -0.25) is 0 Å². The van der Waals surface area contributed by atoms with Crippen LogP contribution in [0, 0.1) is 0 Å². The minimum absolute atomic E-state index is 0.454. The molecule has 0 aromatic rings. The summed E-state index contributed by atoms with van der Waals surface area (Å²) in [7, 11) is 0. The molecular weight excluding hydrogens is 132 g/mol. The fourth-order valence-electron chi connectivity index (χ4n) is 0.723. The first-order chi connectivity index (χ1) is 4.76. The maximum atomic E-state index is 10.7. The molecule has 10 heavy (non-hydrogen) atoms. The average Bonchev–Trinajstić information content (AvgIpc) is 1.99. The Labute approximate surface area is 60.9 Å². The van der Waals surface area contributed by atoms with Crippen LogP contribution in [0.4, 0.5) is 4.79 Å². The Bertz CT molecular complexity index is 106. The summed E-state index contributed by atoms with van der Waals surface area (Å²) in [5, 5.41) is 0. The molecule has 2 N–H and O–H groups in total. The van der Waals surface area contributed by atoms with Crippen molar-refractivity contribution in [2.45, 2.75) is 20.3 Å². The summed E-state index contributed by atoms with van der Waals surface area (Å²) in [5.74, 6) is 4.69. The zero-order chi connectivity index (χ0) is 7.98. The summed E-state index contributed by atoms with van der Waals surface area (Å²) in [5.41, 5.74) is 0. The molecule has 4 nitrogen and oxygen atoms in total. The fraction of sp³-hybridized carbons (Fsp3) is 0.833. The van der Waals surface area contributed by atoms with E-state index < -0.39 is 6.09 Å². The highest BCUT2D eigenvalue weighted by molar-refractivity contribution is 5.66. The molecule has 60 valence electrons. The van der Waals surface area contributed by atoms with Crippen LogP contribution < -0.4 is 5.90 Å². The lowest BCUT2D eigenvalue weighted by Crippen LogP contribution is -2.33.